The third-order valence-corrected chi connectivity index (χ3v) is 5.89. The summed E-state index contributed by atoms with van der Waals surface area (Å²) in [6.07, 6.45) is 0.867. The maximum atomic E-state index is 12.9. The number of amides is 1. The number of carbonyl (C=O) groups excluding carboxylic acids is 1. The average molecular weight is 389 g/mol. The SMILES string of the molecule is COc1ccc2nc(SCC(=O)N3c4ccccc4C[C@H]3C)c(C#N)cc2c1. The molecule has 0 fully saturated rings. The van der Waals surface area contributed by atoms with Crippen molar-refractivity contribution < 1.29 is 9.53 Å². The molecule has 0 saturated heterocycles. The lowest BCUT2D eigenvalue weighted by Crippen LogP contribution is -2.37. The molecule has 0 N–H and O–H groups in total. The van der Waals surface area contributed by atoms with E-state index in [0.717, 1.165) is 28.8 Å². The van der Waals surface area contributed by atoms with Crippen molar-refractivity contribution in [3.8, 4) is 11.8 Å². The Balaban J connectivity index is 1.57. The molecule has 2 aromatic carbocycles. The second-order valence-electron chi connectivity index (χ2n) is 6.75. The first kappa shape index (κ1) is 18.3. The van der Waals surface area contributed by atoms with E-state index in [1.54, 1.807) is 13.2 Å². The molecular weight excluding hydrogens is 370 g/mol. The molecule has 0 spiro atoms. The first-order valence-corrected chi connectivity index (χ1v) is 10.0. The summed E-state index contributed by atoms with van der Waals surface area (Å²) in [6.45, 7) is 2.06. The van der Waals surface area contributed by atoms with Crippen molar-refractivity contribution in [1.29, 1.82) is 5.26 Å². The van der Waals surface area contributed by atoms with Gasteiger partial charge in [0.2, 0.25) is 5.91 Å². The fraction of sp³-hybridized carbons (Fsp3) is 0.227. The van der Waals surface area contributed by atoms with Crippen LogP contribution in [0.3, 0.4) is 0 Å². The van der Waals surface area contributed by atoms with Gasteiger partial charge in [0.1, 0.15) is 16.8 Å². The van der Waals surface area contributed by atoms with Crippen molar-refractivity contribution in [3.05, 3.63) is 59.7 Å². The van der Waals surface area contributed by atoms with Crippen molar-refractivity contribution in [2.45, 2.75) is 24.4 Å². The molecule has 0 bridgehead atoms. The molecule has 1 aromatic heterocycles. The summed E-state index contributed by atoms with van der Waals surface area (Å²) in [4.78, 5) is 19.4. The number of fused-ring (bicyclic) bond motifs is 2. The van der Waals surface area contributed by atoms with Crippen LogP contribution in [0.2, 0.25) is 0 Å². The molecule has 1 aliphatic heterocycles. The number of ether oxygens (including phenoxy) is 1. The molecule has 1 aliphatic rings. The minimum Gasteiger partial charge on any atom is -0.497 e. The van der Waals surface area contributed by atoms with Gasteiger partial charge >= 0.3 is 0 Å². The third kappa shape index (κ3) is 3.30. The highest BCUT2D eigenvalue weighted by atomic mass is 32.2. The maximum absolute atomic E-state index is 12.9. The van der Waals surface area contributed by atoms with Crippen molar-refractivity contribution in [2.24, 2.45) is 0 Å². The van der Waals surface area contributed by atoms with Crippen LogP contribution in [0.5, 0.6) is 5.75 Å². The van der Waals surface area contributed by atoms with E-state index in [-0.39, 0.29) is 17.7 Å². The van der Waals surface area contributed by atoms with Crippen LogP contribution in [-0.4, -0.2) is 29.8 Å². The Kier molecular flexibility index (Phi) is 4.93. The molecule has 1 atom stereocenters. The largest absolute Gasteiger partial charge is 0.497 e. The Hall–Kier alpha value is -3.04. The predicted molar refractivity (Wildman–Crippen MR) is 111 cm³/mol. The summed E-state index contributed by atoms with van der Waals surface area (Å²) in [5.74, 6) is 0.987. The Morgan fingerprint density at radius 3 is 2.93 bits per heavy atom. The van der Waals surface area contributed by atoms with Gasteiger partial charge in [0.25, 0.3) is 0 Å². The van der Waals surface area contributed by atoms with E-state index in [1.165, 1.54) is 17.3 Å². The number of pyridine rings is 1. The van der Waals surface area contributed by atoms with Gasteiger partial charge in [0.05, 0.1) is 23.9 Å². The Labute approximate surface area is 167 Å². The van der Waals surface area contributed by atoms with Gasteiger partial charge in [-0.25, -0.2) is 4.98 Å². The summed E-state index contributed by atoms with van der Waals surface area (Å²) in [6, 6.07) is 17.7. The van der Waals surface area contributed by atoms with Crippen molar-refractivity contribution in [3.63, 3.8) is 0 Å². The van der Waals surface area contributed by atoms with E-state index in [9.17, 15) is 10.1 Å². The van der Waals surface area contributed by atoms with Gasteiger partial charge in [-0.1, -0.05) is 30.0 Å². The maximum Gasteiger partial charge on any atom is 0.237 e. The topological polar surface area (TPSA) is 66.2 Å². The van der Waals surface area contributed by atoms with E-state index in [1.807, 2.05) is 41.3 Å². The van der Waals surface area contributed by atoms with Crippen molar-refractivity contribution >= 4 is 34.3 Å². The van der Waals surface area contributed by atoms with Crippen LogP contribution in [0, 0.1) is 11.3 Å². The van der Waals surface area contributed by atoms with E-state index in [4.69, 9.17) is 4.74 Å². The van der Waals surface area contributed by atoms with E-state index in [0.29, 0.717) is 10.6 Å². The second kappa shape index (κ2) is 7.53. The Bertz CT molecular complexity index is 1110. The number of aromatic nitrogens is 1. The zero-order chi connectivity index (χ0) is 19.7. The quantitative estimate of drug-likeness (QED) is 0.626. The summed E-state index contributed by atoms with van der Waals surface area (Å²) in [7, 11) is 1.60. The second-order valence-corrected chi connectivity index (χ2v) is 7.71. The highest BCUT2D eigenvalue weighted by molar-refractivity contribution is 8.00. The number of nitriles is 1. The minimum atomic E-state index is 0.0305. The molecule has 0 saturated carbocycles. The van der Waals surface area contributed by atoms with Gasteiger partial charge in [-0.15, -0.1) is 0 Å². The molecular formula is C22H19N3O2S. The lowest BCUT2D eigenvalue weighted by Gasteiger charge is -2.22. The van der Waals surface area contributed by atoms with Crippen LogP contribution in [0.1, 0.15) is 18.1 Å². The first-order valence-electron chi connectivity index (χ1n) is 9.02. The van der Waals surface area contributed by atoms with Crippen molar-refractivity contribution in [2.75, 3.05) is 17.8 Å². The molecule has 3 aromatic rings. The molecule has 5 nitrogen and oxygen atoms in total. The molecule has 1 amide bonds. The predicted octanol–water partition coefficient (Wildman–Crippen LogP) is 4.18. The zero-order valence-electron chi connectivity index (χ0n) is 15.7. The molecule has 6 heteroatoms. The monoisotopic (exact) mass is 389 g/mol. The van der Waals surface area contributed by atoms with Crippen molar-refractivity contribution in [1.82, 2.24) is 4.98 Å². The number of nitrogens with zero attached hydrogens (tertiary/aromatic N) is 3. The smallest absolute Gasteiger partial charge is 0.237 e. The van der Waals surface area contributed by atoms with Gasteiger partial charge in [0.15, 0.2) is 0 Å². The number of hydrogen-bond donors (Lipinski definition) is 0. The highest BCUT2D eigenvalue weighted by Crippen LogP contribution is 2.33. The fourth-order valence-corrected chi connectivity index (χ4v) is 4.42. The van der Waals surface area contributed by atoms with Gasteiger partial charge in [0, 0.05) is 17.1 Å². The molecule has 4 rings (SSSR count). The normalized spacial score (nSPS) is 15.3. The molecule has 2 heterocycles. The van der Waals surface area contributed by atoms with Gasteiger partial charge < -0.3 is 9.64 Å². The van der Waals surface area contributed by atoms with Gasteiger partial charge in [-0.3, -0.25) is 4.79 Å². The number of rotatable bonds is 4. The zero-order valence-corrected chi connectivity index (χ0v) is 16.5. The Morgan fingerprint density at radius 1 is 1.32 bits per heavy atom. The Morgan fingerprint density at radius 2 is 2.14 bits per heavy atom. The summed E-state index contributed by atoms with van der Waals surface area (Å²) in [5, 5.41) is 10.9. The van der Waals surface area contributed by atoms with E-state index < -0.39 is 0 Å². The molecule has 0 radical (unpaired) electrons. The van der Waals surface area contributed by atoms with Crippen LogP contribution in [-0.2, 0) is 11.2 Å². The molecule has 0 unspecified atom stereocenters. The average Bonchev–Trinajstić information content (AvgIpc) is 3.06. The number of methoxy groups -OCH3 is 1. The lowest BCUT2D eigenvalue weighted by atomic mass is 10.1. The van der Waals surface area contributed by atoms with Gasteiger partial charge in [-0.05, 0) is 49.2 Å². The highest BCUT2D eigenvalue weighted by Gasteiger charge is 2.30. The summed E-state index contributed by atoms with van der Waals surface area (Å²) >= 11 is 1.31. The van der Waals surface area contributed by atoms with Crippen LogP contribution in [0.25, 0.3) is 10.9 Å². The van der Waals surface area contributed by atoms with Crippen LogP contribution in [0.15, 0.2) is 53.6 Å². The molecule has 140 valence electrons. The fourth-order valence-electron chi connectivity index (χ4n) is 3.60. The third-order valence-electron chi connectivity index (χ3n) is 4.92. The number of hydrogen-bond acceptors (Lipinski definition) is 5. The number of para-hydroxylation sites is 1. The van der Waals surface area contributed by atoms with Gasteiger partial charge in [-0.2, -0.15) is 5.26 Å². The summed E-state index contributed by atoms with van der Waals surface area (Å²) < 4.78 is 5.23. The minimum absolute atomic E-state index is 0.0305. The number of benzene rings is 2. The summed E-state index contributed by atoms with van der Waals surface area (Å²) in [5.41, 5.74) is 3.42. The molecule has 0 aliphatic carbocycles. The standard InChI is InChI=1S/C22H19N3O2S/c1-14-9-15-5-3-4-6-20(15)25(14)21(26)13-28-22-17(12-23)10-16-11-18(27-2)7-8-19(16)24-22/h3-8,10-11,14H,9,13H2,1-2H3/t14-/m1/s1. The van der Waals surface area contributed by atoms with Crippen LogP contribution in [0.4, 0.5) is 5.69 Å². The molecule has 28 heavy (non-hydrogen) atoms. The lowest BCUT2D eigenvalue weighted by molar-refractivity contribution is -0.116. The van der Waals surface area contributed by atoms with E-state index >= 15 is 0 Å². The number of thioether (sulfide) groups is 1. The first-order chi connectivity index (χ1) is 13.6. The van der Waals surface area contributed by atoms with E-state index in [2.05, 4.69) is 24.0 Å². The van der Waals surface area contributed by atoms with Crippen LogP contribution >= 0.6 is 11.8 Å². The number of anilines is 1. The van der Waals surface area contributed by atoms with Crippen LogP contribution < -0.4 is 9.64 Å². The number of carbonyl (C=O) groups is 1.